The standard InChI is InChI=1S/C12H15F2NO3/c1-2-18-9(17)11-4-3-8(16)15(11)7-10(5-11)6-12(10,13)14/h2-7H2,1H3. The summed E-state index contributed by atoms with van der Waals surface area (Å²) in [6.45, 7) is 1.87. The number of rotatable bonds is 2. The first kappa shape index (κ1) is 11.9. The third-order valence-electron chi connectivity index (χ3n) is 4.53. The van der Waals surface area contributed by atoms with Crippen molar-refractivity contribution >= 4 is 11.9 Å². The van der Waals surface area contributed by atoms with Crippen LogP contribution in [0.5, 0.6) is 0 Å². The smallest absolute Gasteiger partial charge is 0.332 e. The second-order valence-corrected chi connectivity index (χ2v) is 5.57. The van der Waals surface area contributed by atoms with Crippen LogP contribution in [0.4, 0.5) is 8.78 Å². The SMILES string of the molecule is CCOC(=O)C12CCC(=O)N1CC1(C2)CC1(F)F. The Bertz CT molecular complexity index is 439. The molecule has 0 N–H and O–H groups in total. The van der Waals surface area contributed by atoms with E-state index in [9.17, 15) is 18.4 Å². The number of carbonyl (C=O) groups is 2. The Morgan fingerprint density at radius 1 is 1.44 bits per heavy atom. The molecule has 0 aromatic heterocycles. The number of alkyl halides is 2. The van der Waals surface area contributed by atoms with Crippen LogP contribution in [0.15, 0.2) is 0 Å². The molecule has 0 aromatic rings. The molecule has 18 heavy (non-hydrogen) atoms. The molecule has 1 spiro atoms. The summed E-state index contributed by atoms with van der Waals surface area (Å²) in [5.41, 5.74) is -2.29. The predicted octanol–water partition coefficient (Wildman–Crippen LogP) is 1.34. The molecule has 3 rings (SSSR count). The predicted molar refractivity (Wildman–Crippen MR) is 56.9 cm³/mol. The van der Waals surface area contributed by atoms with Crippen molar-refractivity contribution in [2.75, 3.05) is 13.2 Å². The first-order valence-electron chi connectivity index (χ1n) is 6.22. The molecule has 0 bridgehead atoms. The molecule has 2 aliphatic heterocycles. The van der Waals surface area contributed by atoms with Gasteiger partial charge in [0.1, 0.15) is 5.54 Å². The van der Waals surface area contributed by atoms with E-state index in [1.54, 1.807) is 6.92 Å². The molecule has 0 radical (unpaired) electrons. The van der Waals surface area contributed by atoms with E-state index in [1.165, 1.54) is 4.90 Å². The zero-order valence-corrected chi connectivity index (χ0v) is 10.2. The fraction of sp³-hybridized carbons (Fsp3) is 0.833. The van der Waals surface area contributed by atoms with Crippen molar-refractivity contribution in [2.24, 2.45) is 5.41 Å². The summed E-state index contributed by atoms with van der Waals surface area (Å²) in [7, 11) is 0. The normalized spacial score (nSPS) is 40.2. The van der Waals surface area contributed by atoms with Crippen molar-refractivity contribution in [1.82, 2.24) is 4.90 Å². The molecule has 3 fully saturated rings. The Morgan fingerprint density at radius 2 is 2.11 bits per heavy atom. The van der Waals surface area contributed by atoms with Crippen molar-refractivity contribution < 1.29 is 23.1 Å². The van der Waals surface area contributed by atoms with Gasteiger partial charge in [-0.1, -0.05) is 0 Å². The van der Waals surface area contributed by atoms with Gasteiger partial charge in [0, 0.05) is 19.4 Å². The van der Waals surface area contributed by atoms with Crippen LogP contribution >= 0.6 is 0 Å². The number of esters is 1. The molecular weight excluding hydrogens is 244 g/mol. The number of hydrogen-bond acceptors (Lipinski definition) is 3. The highest BCUT2D eigenvalue weighted by Crippen LogP contribution is 2.69. The lowest BCUT2D eigenvalue weighted by Crippen LogP contribution is -2.48. The van der Waals surface area contributed by atoms with Gasteiger partial charge in [-0.2, -0.15) is 0 Å². The van der Waals surface area contributed by atoms with Crippen LogP contribution in [-0.2, 0) is 14.3 Å². The van der Waals surface area contributed by atoms with Gasteiger partial charge >= 0.3 is 5.97 Å². The van der Waals surface area contributed by atoms with Gasteiger partial charge in [0.2, 0.25) is 5.91 Å². The fourth-order valence-electron chi connectivity index (χ4n) is 3.46. The van der Waals surface area contributed by atoms with Crippen molar-refractivity contribution in [3.05, 3.63) is 0 Å². The van der Waals surface area contributed by atoms with Crippen molar-refractivity contribution in [3.63, 3.8) is 0 Å². The molecule has 2 saturated heterocycles. The highest BCUT2D eigenvalue weighted by atomic mass is 19.3. The average molecular weight is 259 g/mol. The molecule has 2 unspecified atom stereocenters. The quantitative estimate of drug-likeness (QED) is 0.703. The monoisotopic (exact) mass is 259 g/mol. The van der Waals surface area contributed by atoms with Crippen LogP contribution in [0.2, 0.25) is 0 Å². The maximum atomic E-state index is 13.5. The first-order valence-corrected chi connectivity index (χ1v) is 6.22. The van der Waals surface area contributed by atoms with E-state index in [-0.39, 0.29) is 38.3 Å². The lowest BCUT2D eigenvalue weighted by Gasteiger charge is -2.28. The number of nitrogens with zero attached hydrogens (tertiary/aromatic N) is 1. The highest BCUT2D eigenvalue weighted by Gasteiger charge is 2.79. The molecule has 0 aromatic carbocycles. The zero-order valence-electron chi connectivity index (χ0n) is 10.2. The number of halogens is 2. The van der Waals surface area contributed by atoms with Gasteiger partial charge in [0.05, 0.1) is 12.0 Å². The Morgan fingerprint density at radius 3 is 2.67 bits per heavy atom. The van der Waals surface area contributed by atoms with E-state index in [1.807, 2.05) is 0 Å². The van der Waals surface area contributed by atoms with Gasteiger partial charge in [0.25, 0.3) is 5.92 Å². The van der Waals surface area contributed by atoms with Crippen LogP contribution in [0, 0.1) is 5.41 Å². The lowest BCUT2D eigenvalue weighted by atomic mass is 9.88. The molecular formula is C12H15F2NO3. The molecule has 1 amide bonds. The van der Waals surface area contributed by atoms with Crippen LogP contribution in [0.25, 0.3) is 0 Å². The molecule has 6 heteroatoms. The van der Waals surface area contributed by atoms with E-state index < -0.39 is 22.8 Å². The first-order chi connectivity index (χ1) is 8.37. The average Bonchev–Trinajstić information content (AvgIpc) is 2.60. The van der Waals surface area contributed by atoms with Crippen LogP contribution in [-0.4, -0.2) is 41.4 Å². The van der Waals surface area contributed by atoms with Crippen molar-refractivity contribution in [2.45, 2.75) is 44.1 Å². The molecule has 1 saturated carbocycles. The number of fused-ring (bicyclic) bond motifs is 1. The molecule has 100 valence electrons. The second-order valence-electron chi connectivity index (χ2n) is 5.57. The summed E-state index contributed by atoms with van der Waals surface area (Å²) in [4.78, 5) is 25.2. The zero-order chi connectivity index (χ0) is 13.2. The van der Waals surface area contributed by atoms with Gasteiger partial charge in [-0.15, -0.1) is 0 Å². The number of amides is 1. The van der Waals surface area contributed by atoms with Crippen LogP contribution in [0.3, 0.4) is 0 Å². The Kier molecular flexibility index (Phi) is 2.12. The number of carbonyl (C=O) groups excluding carboxylic acids is 2. The topological polar surface area (TPSA) is 46.6 Å². The highest BCUT2D eigenvalue weighted by molar-refractivity contribution is 5.93. The van der Waals surface area contributed by atoms with E-state index in [2.05, 4.69) is 0 Å². The molecule has 4 nitrogen and oxygen atoms in total. The van der Waals surface area contributed by atoms with Crippen LogP contribution in [0.1, 0.15) is 32.6 Å². The summed E-state index contributed by atoms with van der Waals surface area (Å²) in [6.07, 6.45) is 0.394. The second kappa shape index (κ2) is 3.22. The van der Waals surface area contributed by atoms with E-state index >= 15 is 0 Å². The van der Waals surface area contributed by atoms with E-state index in [4.69, 9.17) is 4.74 Å². The van der Waals surface area contributed by atoms with Gasteiger partial charge < -0.3 is 9.64 Å². The Hall–Kier alpha value is -1.20. The molecule has 1 aliphatic carbocycles. The largest absolute Gasteiger partial charge is 0.464 e. The summed E-state index contributed by atoms with van der Waals surface area (Å²) < 4.78 is 31.9. The summed E-state index contributed by atoms with van der Waals surface area (Å²) in [5, 5.41) is 0. The summed E-state index contributed by atoms with van der Waals surface area (Å²) >= 11 is 0. The van der Waals surface area contributed by atoms with E-state index in [0.29, 0.717) is 6.42 Å². The third kappa shape index (κ3) is 1.23. The van der Waals surface area contributed by atoms with Crippen molar-refractivity contribution in [3.8, 4) is 0 Å². The molecule has 2 heterocycles. The Labute approximate surface area is 103 Å². The van der Waals surface area contributed by atoms with Crippen LogP contribution < -0.4 is 0 Å². The minimum absolute atomic E-state index is 0.00233. The minimum atomic E-state index is -2.74. The van der Waals surface area contributed by atoms with Gasteiger partial charge in [-0.05, 0) is 19.8 Å². The maximum absolute atomic E-state index is 13.5. The van der Waals surface area contributed by atoms with Crippen molar-refractivity contribution in [1.29, 1.82) is 0 Å². The minimum Gasteiger partial charge on any atom is -0.464 e. The number of ether oxygens (including phenoxy) is 1. The third-order valence-corrected chi connectivity index (χ3v) is 4.53. The number of hydrogen-bond donors (Lipinski definition) is 0. The summed E-state index contributed by atoms with van der Waals surface area (Å²) in [6, 6.07) is 0. The lowest BCUT2D eigenvalue weighted by molar-refractivity contribution is -0.157. The van der Waals surface area contributed by atoms with Gasteiger partial charge in [-0.25, -0.2) is 13.6 Å². The maximum Gasteiger partial charge on any atom is 0.332 e. The molecule has 2 atom stereocenters. The Balaban J connectivity index is 1.92. The summed E-state index contributed by atoms with van der Waals surface area (Å²) in [5.74, 6) is -3.46. The van der Waals surface area contributed by atoms with Gasteiger partial charge in [-0.3, -0.25) is 4.79 Å². The molecule has 3 aliphatic rings. The van der Waals surface area contributed by atoms with E-state index in [0.717, 1.165) is 0 Å². The fourth-order valence-corrected chi connectivity index (χ4v) is 3.46. The van der Waals surface area contributed by atoms with Gasteiger partial charge in [0.15, 0.2) is 0 Å².